The van der Waals surface area contributed by atoms with Crippen molar-refractivity contribution in [2.24, 2.45) is 0 Å². The van der Waals surface area contributed by atoms with E-state index in [9.17, 15) is 14.7 Å². The van der Waals surface area contributed by atoms with Gasteiger partial charge in [0.1, 0.15) is 11.5 Å². The third kappa shape index (κ3) is 6.63. The molecule has 0 saturated heterocycles. The molecule has 0 spiro atoms. The Kier molecular flexibility index (Phi) is 7.48. The van der Waals surface area contributed by atoms with Crippen molar-refractivity contribution in [1.82, 2.24) is 0 Å². The Hall–Kier alpha value is -4.26. The lowest BCUT2D eigenvalue weighted by atomic mass is 10.0. The number of hydrogen-bond acceptors (Lipinski definition) is 5. The van der Waals surface area contributed by atoms with Gasteiger partial charge in [0.05, 0.1) is 0 Å². The molecule has 0 fully saturated rings. The van der Waals surface area contributed by atoms with Gasteiger partial charge in [0.25, 0.3) is 0 Å². The number of carbonyl (C=O) groups is 2. The first-order chi connectivity index (χ1) is 15.4. The van der Waals surface area contributed by atoms with E-state index >= 15 is 0 Å². The molecule has 0 aliphatic carbocycles. The number of para-hydroxylation sites is 1. The maximum atomic E-state index is 12.7. The Morgan fingerprint density at radius 3 is 2.22 bits per heavy atom. The molecule has 1 amide bonds. The molecular formula is C25H23NO6. The molecule has 32 heavy (non-hydrogen) atoms. The second-order valence-electron chi connectivity index (χ2n) is 7.00. The van der Waals surface area contributed by atoms with Gasteiger partial charge in [-0.25, -0.2) is 9.59 Å². The molecule has 3 rings (SSSR count). The zero-order chi connectivity index (χ0) is 22.9. The number of hydrogen-bond donors (Lipinski definition) is 3. The molecule has 0 aliphatic rings. The number of carboxylic acids is 1. The van der Waals surface area contributed by atoms with E-state index in [1.165, 1.54) is 18.2 Å². The van der Waals surface area contributed by atoms with Gasteiger partial charge in [0, 0.05) is 11.8 Å². The minimum absolute atomic E-state index is 0.0400. The molecule has 0 unspecified atom stereocenters. The maximum Gasteiger partial charge on any atom is 0.412 e. The van der Waals surface area contributed by atoms with Crippen LogP contribution in [0.2, 0.25) is 0 Å². The summed E-state index contributed by atoms with van der Waals surface area (Å²) in [6.07, 6.45) is -0.454. The van der Waals surface area contributed by atoms with Crippen LogP contribution in [0.4, 0.5) is 10.5 Å². The number of nitrogens with one attached hydrogen (secondary N) is 1. The maximum absolute atomic E-state index is 12.7. The first-order valence-electron chi connectivity index (χ1n) is 9.87. The molecule has 7 heteroatoms. The van der Waals surface area contributed by atoms with E-state index in [1.54, 1.807) is 48.5 Å². The molecule has 0 heterocycles. The summed E-state index contributed by atoms with van der Waals surface area (Å²) < 4.78 is 11.6. The Morgan fingerprint density at radius 1 is 0.938 bits per heavy atom. The minimum atomic E-state index is -1.17. The van der Waals surface area contributed by atoms with Crippen molar-refractivity contribution in [2.75, 3.05) is 5.32 Å². The molecular weight excluding hydrogens is 410 g/mol. The largest absolute Gasteiger partial charge is 0.508 e. The van der Waals surface area contributed by atoms with Crippen LogP contribution in [0.25, 0.3) is 0 Å². The fraction of sp³-hybridized carbons (Fsp3) is 0.120. The summed E-state index contributed by atoms with van der Waals surface area (Å²) in [6.45, 7) is 1.93. The summed E-state index contributed by atoms with van der Waals surface area (Å²) in [5, 5.41) is 21.4. The van der Waals surface area contributed by atoms with E-state index in [-0.39, 0.29) is 5.75 Å². The van der Waals surface area contributed by atoms with Crippen molar-refractivity contribution in [1.29, 1.82) is 0 Å². The van der Waals surface area contributed by atoms with Gasteiger partial charge >= 0.3 is 12.1 Å². The normalized spacial score (nSPS) is 12.7. The van der Waals surface area contributed by atoms with E-state index in [2.05, 4.69) is 5.32 Å². The van der Waals surface area contributed by atoms with Gasteiger partial charge in [-0.3, -0.25) is 5.32 Å². The van der Waals surface area contributed by atoms with Crippen LogP contribution in [0.15, 0.2) is 91.0 Å². The van der Waals surface area contributed by atoms with Crippen molar-refractivity contribution >= 4 is 17.7 Å². The Bertz CT molecular complexity index is 1060. The van der Waals surface area contributed by atoms with Crippen LogP contribution < -0.4 is 10.1 Å². The molecule has 0 saturated carbocycles. The summed E-state index contributed by atoms with van der Waals surface area (Å²) in [5.74, 6) is -0.655. The van der Waals surface area contributed by atoms with Crippen LogP contribution in [0.3, 0.4) is 0 Å². The highest BCUT2D eigenvalue weighted by Crippen LogP contribution is 2.28. The SMILES string of the molecule is Cc1ccc(NC(=O)O[C@H](c2ccc(O)cc2)[C@@H](/C=C/C(=O)O)Oc2ccccc2)cc1. The van der Waals surface area contributed by atoms with Crippen molar-refractivity contribution in [3.8, 4) is 11.5 Å². The molecule has 3 N–H and O–H groups in total. The lowest BCUT2D eigenvalue weighted by molar-refractivity contribution is -0.131. The molecule has 3 aromatic carbocycles. The van der Waals surface area contributed by atoms with Crippen LogP contribution in [0.1, 0.15) is 17.2 Å². The Labute approximate surface area is 185 Å². The number of carboxylic acid groups (broad SMARTS) is 1. The van der Waals surface area contributed by atoms with E-state index in [0.717, 1.165) is 11.6 Å². The lowest BCUT2D eigenvalue weighted by Crippen LogP contribution is -2.29. The van der Waals surface area contributed by atoms with Crippen molar-refractivity contribution < 1.29 is 29.3 Å². The second-order valence-corrected chi connectivity index (χ2v) is 7.00. The van der Waals surface area contributed by atoms with Gasteiger partial charge in [-0.2, -0.15) is 0 Å². The average Bonchev–Trinajstić information content (AvgIpc) is 2.78. The summed E-state index contributed by atoms with van der Waals surface area (Å²) in [4.78, 5) is 23.8. The first-order valence-corrected chi connectivity index (χ1v) is 9.87. The van der Waals surface area contributed by atoms with E-state index in [0.29, 0.717) is 17.0 Å². The fourth-order valence-corrected chi connectivity index (χ4v) is 2.92. The predicted octanol–water partition coefficient (Wildman–Crippen LogP) is 5.08. The third-order valence-electron chi connectivity index (χ3n) is 4.50. The number of aromatic hydroxyl groups is 1. The van der Waals surface area contributed by atoms with E-state index in [1.807, 2.05) is 25.1 Å². The summed E-state index contributed by atoms with van der Waals surface area (Å²) >= 11 is 0. The number of benzene rings is 3. The number of aryl methyl sites for hydroxylation is 1. The highest BCUT2D eigenvalue weighted by Gasteiger charge is 2.28. The minimum Gasteiger partial charge on any atom is -0.508 e. The van der Waals surface area contributed by atoms with E-state index in [4.69, 9.17) is 14.6 Å². The highest BCUT2D eigenvalue weighted by atomic mass is 16.6. The lowest BCUT2D eigenvalue weighted by Gasteiger charge is -2.26. The number of ether oxygens (including phenoxy) is 2. The molecule has 0 aliphatic heterocycles. The Morgan fingerprint density at radius 2 is 1.59 bits per heavy atom. The first kappa shape index (κ1) is 22.4. The van der Waals surface area contributed by atoms with Crippen LogP contribution >= 0.6 is 0 Å². The smallest absolute Gasteiger partial charge is 0.412 e. The summed E-state index contributed by atoms with van der Waals surface area (Å²) in [7, 11) is 0. The molecule has 3 aromatic rings. The predicted molar refractivity (Wildman–Crippen MR) is 120 cm³/mol. The van der Waals surface area contributed by atoms with Crippen LogP contribution in [-0.4, -0.2) is 28.4 Å². The number of amides is 1. The average molecular weight is 433 g/mol. The second kappa shape index (κ2) is 10.7. The molecule has 0 aromatic heterocycles. The molecule has 0 radical (unpaired) electrons. The Balaban J connectivity index is 1.90. The van der Waals surface area contributed by atoms with Crippen molar-refractivity contribution in [3.63, 3.8) is 0 Å². The number of anilines is 1. The quantitative estimate of drug-likeness (QED) is 0.428. The number of phenols is 1. The zero-order valence-corrected chi connectivity index (χ0v) is 17.3. The van der Waals surface area contributed by atoms with Gasteiger partial charge in [-0.1, -0.05) is 48.0 Å². The number of carbonyl (C=O) groups excluding carboxylic acids is 1. The molecule has 0 bridgehead atoms. The summed E-state index contributed by atoms with van der Waals surface area (Å²) in [5.41, 5.74) is 2.10. The van der Waals surface area contributed by atoms with Gasteiger partial charge in [0.15, 0.2) is 12.2 Å². The molecule has 7 nitrogen and oxygen atoms in total. The zero-order valence-electron chi connectivity index (χ0n) is 17.3. The topological polar surface area (TPSA) is 105 Å². The van der Waals surface area contributed by atoms with Gasteiger partial charge in [-0.15, -0.1) is 0 Å². The summed E-state index contributed by atoms with van der Waals surface area (Å²) in [6, 6.07) is 22.0. The van der Waals surface area contributed by atoms with Crippen molar-refractivity contribution in [2.45, 2.75) is 19.1 Å². The van der Waals surface area contributed by atoms with Crippen LogP contribution in [0, 0.1) is 6.92 Å². The number of rotatable bonds is 8. The van der Waals surface area contributed by atoms with Crippen LogP contribution in [-0.2, 0) is 9.53 Å². The molecule has 2 atom stereocenters. The van der Waals surface area contributed by atoms with Crippen LogP contribution in [0.5, 0.6) is 11.5 Å². The molecule has 164 valence electrons. The third-order valence-corrected chi connectivity index (χ3v) is 4.50. The van der Waals surface area contributed by atoms with Gasteiger partial charge in [0.2, 0.25) is 0 Å². The number of phenolic OH excluding ortho intramolecular Hbond substituents is 1. The van der Waals surface area contributed by atoms with Gasteiger partial charge < -0.3 is 19.7 Å². The standard InChI is InChI=1S/C25H23NO6/c1-17-7-11-19(12-8-17)26-25(30)32-24(18-9-13-20(27)14-10-18)22(15-16-23(28)29)31-21-5-3-2-4-6-21/h2-16,22,24,27H,1H3,(H,26,30)(H,28,29)/b16-15+/t22-,24-/m1/s1. The van der Waals surface area contributed by atoms with E-state index < -0.39 is 24.3 Å². The monoisotopic (exact) mass is 433 g/mol. The fourth-order valence-electron chi connectivity index (χ4n) is 2.92. The number of aliphatic carboxylic acids is 1. The van der Waals surface area contributed by atoms with Crippen molar-refractivity contribution in [3.05, 3.63) is 102 Å². The van der Waals surface area contributed by atoms with Gasteiger partial charge in [-0.05, 0) is 55.0 Å². The highest BCUT2D eigenvalue weighted by molar-refractivity contribution is 5.84.